The van der Waals surface area contributed by atoms with Gasteiger partial charge in [-0.15, -0.1) is 0 Å². The van der Waals surface area contributed by atoms with Crippen LogP contribution in [0.2, 0.25) is 0 Å². The van der Waals surface area contributed by atoms with Crippen molar-refractivity contribution in [1.29, 1.82) is 0 Å². The third kappa shape index (κ3) is 4.95. The number of nitrogens with one attached hydrogen (secondary N) is 1. The van der Waals surface area contributed by atoms with E-state index in [-0.39, 0.29) is 18.4 Å². The molecule has 2 amide bonds. The van der Waals surface area contributed by atoms with Crippen LogP contribution in [0.5, 0.6) is 0 Å². The summed E-state index contributed by atoms with van der Waals surface area (Å²) < 4.78 is 5.71. The van der Waals surface area contributed by atoms with Crippen LogP contribution in [0.3, 0.4) is 0 Å². The van der Waals surface area contributed by atoms with Gasteiger partial charge in [0.15, 0.2) is 0 Å². The van der Waals surface area contributed by atoms with Crippen molar-refractivity contribution in [3.8, 4) is 0 Å². The van der Waals surface area contributed by atoms with Crippen LogP contribution < -0.4 is 5.32 Å². The number of hydrogen-bond donors (Lipinski definition) is 1. The van der Waals surface area contributed by atoms with E-state index in [0.29, 0.717) is 17.8 Å². The second kappa shape index (κ2) is 9.33. The molecular formula is C25H28N2O4. The van der Waals surface area contributed by atoms with Gasteiger partial charge in [-0.05, 0) is 31.9 Å². The van der Waals surface area contributed by atoms with Gasteiger partial charge in [-0.25, -0.2) is 0 Å². The van der Waals surface area contributed by atoms with Crippen molar-refractivity contribution in [3.63, 3.8) is 0 Å². The van der Waals surface area contributed by atoms with Gasteiger partial charge in [0.05, 0.1) is 5.92 Å². The van der Waals surface area contributed by atoms with E-state index < -0.39 is 23.9 Å². The molecule has 4 rings (SSSR count). The number of rotatable bonds is 6. The average Bonchev–Trinajstić information content (AvgIpc) is 3.43. The van der Waals surface area contributed by atoms with Crippen molar-refractivity contribution in [3.05, 3.63) is 65.7 Å². The Morgan fingerprint density at radius 2 is 1.71 bits per heavy atom. The van der Waals surface area contributed by atoms with Crippen molar-refractivity contribution in [1.82, 2.24) is 4.90 Å². The summed E-state index contributed by atoms with van der Waals surface area (Å²) in [5, 5.41) is 2.83. The minimum Gasteiger partial charge on any atom is -0.447 e. The number of carbonyl (C=O) groups is 3. The average molecular weight is 421 g/mol. The van der Waals surface area contributed by atoms with Crippen LogP contribution in [-0.4, -0.2) is 35.3 Å². The molecule has 162 valence electrons. The fourth-order valence-electron chi connectivity index (χ4n) is 4.42. The first-order valence-corrected chi connectivity index (χ1v) is 10.9. The molecule has 1 saturated carbocycles. The molecule has 1 aliphatic heterocycles. The highest BCUT2D eigenvalue weighted by Gasteiger charge is 2.40. The first kappa shape index (κ1) is 21.1. The summed E-state index contributed by atoms with van der Waals surface area (Å²) in [7, 11) is 0. The summed E-state index contributed by atoms with van der Waals surface area (Å²) in [5.41, 5.74) is 2.32. The van der Waals surface area contributed by atoms with Gasteiger partial charge in [0.1, 0.15) is 0 Å². The van der Waals surface area contributed by atoms with E-state index in [1.807, 2.05) is 42.2 Å². The van der Waals surface area contributed by atoms with E-state index >= 15 is 0 Å². The first-order chi connectivity index (χ1) is 15.0. The molecule has 1 N–H and O–H groups in total. The van der Waals surface area contributed by atoms with Crippen LogP contribution in [0, 0.1) is 12.8 Å². The molecule has 0 bridgehead atoms. The van der Waals surface area contributed by atoms with Crippen molar-refractivity contribution in [2.75, 3.05) is 11.9 Å². The van der Waals surface area contributed by atoms with Crippen molar-refractivity contribution < 1.29 is 19.1 Å². The smallest absolute Gasteiger partial charge is 0.312 e. The Hall–Kier alpha value is -3.15. The molecule has 2 aliphatic rings. The Morgan fingerprint density at radius 3 is 2.39 bits per heavy atom. The first-order valence-electron chi connectivity index (χ1n) is 10.9. The quantitative estimate of drug-likeness (QED) is 0.717. The Balaban J connectivity index is 1.47. The largest absolute Gasteiger partial charge is 0.447 e. The van der Waals surface area contributed by atoms with Gasteiger partial charge < -0.3 is 15.0 Å². The third-order valence-electron chi connectivity index (χ3n) is 6.15. The number of anilines is 1. The summed E-state index contributed by atoms with van der Waals surface area (Å²) in [6.45, 7) is 2.35. The number of esters is 1. The molecule has 2 aromatic rings. The number of amides is 2. The molecule has 1 aliphatic carbocycles. The Bertz CT molecular complexity index is 936. The molecule has 0 spiro atoms. The summed E-state index contributed by atoms with van der Waals surface area (Å²) in [5.74, 6) is -1.44. The minimum atomic E-state index is -1.08. The molecule has 2 atom stereocenters. The zero-order valence-electron chi connectivity index (χ0n) is 17.8. The second-order valence-electron chi connectivity index (χ2n) is 8.47. The molecule has 6 nitrogen and oxygen atoms in total. The summed E-state index contributed by atoms with van der Waals surface area (Å²) >= 11 is 0. The predicted octanol–water partition coefficient (Wildman–Crippen LogP) is 4.01. The highest BCUT2D eigenvalue weighted by atomic mass is 16.5. The SMILES string of the molecule is Cc1ccc(NC(=O)[C@H](OC(=O)[C@@H]2CC(=O)N(C3CCCC3)C2)c2ccccc2)cc1. The number of nitrogens with zero attached hydrogens (tertiary/aromatic N) is 1. The van der Waals surface area contributed by atoms with Gasteiger partial charge in [-0.3, -0.25) is 14.4 Å². The standard InChI is InChI=1S/C25H28N2O4/c1-17-11-13-20(14-12-17)26-24(29)23(18-7-3-2-4-8-18)31-25(30)19-15-22(28)27(16-19)21-9-5-6-10-21/h2-4,7-8,11-14,19,21,23H,5-6,9-10,15-16H2,1H3,(H,26,29)/t19-,23-/m1/s1. The molecule has 1 heterocycles. The molecule has 0 radical (unpaired) electrons. The normalized spacial score (nSPS) is 20.0. The summed E-state index contributed by atoms with van der Waals surface area (Å²) in [6.07, 6.45) is 3.32. The van der Waals surface area contributed by atoms with Gasteiger partial charge >= 0.3 is 5.97 Å². The summed E-state index contributed by atoms with van der Waals surface area (Å²) in [6, 6.07) is 16.6. The maximum absolute atomic E-state index is 13.0. The van der Waals surface area contributed by atoms with Crippen LogP contribution in [0.1, 0.15) is 49.3 Å². The Morgan fingerprint density at radius 1 is 1.03 bits per heavy atom. The van der Waals surface area contributed by atoms with E-state index in [9.17, 15) is 14.4 Å². The lowest BCUT2D eigenvalue weighted by Gasteiger charge is -2.24. The molecule has 6 heteroatoms. The third-order valence-corrected chi connectivity index (χ3v) is 6.15. The fourth-order valence-corrected chi connectivity index (χ4v) is 4.42. The van der Waals surface area contributed by atoms with Crippen LogP contribution in [0.15, 0.2) is 54.6 Å². The molecule has 31 heavy (non-hydrogen) atoms. The lowest BCUT2D eigenvalue weighted by atomic mass is 10.1. The second-order valence-corrected chi connectivity index (χ2v) is 8.47. The molecule has 1 saturated heterocycles. The van der Waals surface area contributed by atoms with Crippen LogP contribution >= 0.6 is 0 Å². The minimum absolute atomic E-state index is 0.00854. The summed E-state index contributed by atoms with van der Waals surface area (Å²) in [4.78, 5) is 40.3. The maximum Gasteiger partial charge on any atom is 0.312 e. The molecule has 2 aromatic carbocycles. The van der Waals surface area contributed by atoms with E-state index in [2.05, 4.69) is 5.32 Å². The maximum atomic E-state index is 13.0. The number of aryl methyl sites for hydroxylation is 1. The van der Waals surface area contributed by atoms with Gasteiger partial charge in [0, 0.05) is 30.3 Å². The number of hydrogen-bond acceptors (Lipinski definition) is 4. The molecule has 0 aromatic heterocycles. The highest BCUT2D eigenvalue weighted by Crippen LogP contribution is 2.31. The Labute approximate surface area is 182 Å². The van der Waals surface area contributed by atoms with Gasteiger partial charge in [-0.1, -0.05) is 60.9 Å². The monoisotopic (exact) mass is 420 g/mol. The van der Waals surface area contributed by atoms with Gasteiger partial charge in [-0.2, -0.15) is 0 Å². The van der Waals surface area contributed by atoms with Gasteiger partial charge in [0.25, 0.3) is 5.91 Å². The van der Waals surface area contributed by atoms with Crippen LogP contribution in [0.4, 0.5) is 5.69 Å². The molecule has 2 fully saturated rings. The van der Waals surface area contributed by atoms with Crippen molar-refractivity contribution >= 4 is 23.5 Å². The number of ether oxygens (including phenoxy) is 1. The van der Waals surface area contributed by atoms with Crippen molar-refractivity contribution in [2.45, 2.75) is 51.2 Å². The van der Waals surface area contributed by atoms with Crippen molar-refractivity contribution in [2.24, 2.45) is 5.92 Å². The topological polar surface area (TPSA) is 75.7 Å². The fraction of sp³-hybridized carbons (Fsp3) is 0.400. The van der Waals surface area contributed by atoms with Gasteiger partial charge in [0.2, 0.25) is 12.0 Å². The van der Waals surface area contributed by atoms with E-state index in [1.165, 1.54) is 0 Å². The predicted molar refractivity (Wildman–Crippen MR) is 117 cm³/mol. The highest BCUT2D eigenvalue weighted by molar-refractivity contribution is 5.96. The van der Waals surface area contributed by atoms with Crippen LogP contribution in [0.25, 0.3) is 0 Å². The molecular weight excluding hydrogens is 392 g/mol. The van der Waals surface area contributed by atoms with E-state index in [4.69, 9.17) is 4.74 Å². The number of likely N-dealkylation sites (tertiary alicyclic amines) is 1. The Kier molecular flexibility index (Phi) is 6.35. The number of carbonyl (C=O) groups excluding carboxylic acids is 3. The van der Waals surface area contributed by atoms with E-state index in [0.717, 1.165) is 31.2 Å². The molecule has 0 unspecified atom stereocenters. The lowest BCUT2D eigenvalue weighted by molar-refractivity contribution is -0.158. The lowest BCUT2D eigenvalue weighted by Crippen LogP contribution is -2.35. The van der Waals surface area contributed by atoms with Crippen LogP contribution in [-0.2, 0) is 19.1 Å². The zero-order chi connectivity index (χ0) is 21.8. The zero-order valence-corrected chi connectivity index (χ0v) is 17.8. The van der Waals surface area contributed by atoms with E-state index in [1.54, 1.807) is 24.3 Å². The number of benzene rings is 2.